The van der Waals surface area contributed by atoms with Crippen molar-refractivity contribution in [3.8, 4) is 0 Å². The quantitative estimate of drug-likeness (QED) is 0.850. The lowest BCUT2D eigenvalue weighted by Gasteiger charge is -2.32. The summed E-state index contributed by atoms with van der Waals surface area (Å²) in [6.45, 7) is 6.10. The van der Waals surface area contributed by atoms with E-state index in [4.69, 9.17) is 4.74 Å². The normalized spacial score (nSPS) is 16.5. The van der Waals surface area contributed by atoms with E-state index in [9.17, 15) is 4.79 Å². The summed E-state index contributed by atoms with van der Waals surface area (Å²) in [5.41, 5.74) is 1.90. The van der Waals surface area contributed by atoms with E-state index in [1.807, 2.05) is 24.3 Å². The van der Waals surface area contributed by atoms with E-state index in [0.717, 1.165) is 43.7 Å². The third kappa shape index (κ3) is 5.31. The molecule has 0 bridgehead atoms. The van der Waals surface area contributed by atoms with Gasteiger partial charge in [0.15, 0.2) is 0 Å². The predicted molar refractivity (Wildman–Crippen MR) is 89.1 cm³/mol. The summed E-state index contributed by atoms with van der Waals surface area (Å²) < 4.78 is 5.07. The van der Waals surface area contributed by atoms with Crippen LogP contribution in [-0.4, -0.2) is 43.7 Å². The van der Waals surface area contributed by atoms with Crippen molar-refractivity contribution in [2.24, 2.45) is 0 Å². The first-order valence-electron chi connectivity index (χ1n) is 8.09. The van der Waals surface area contributed by atoms with Crippen molar-refractivity contribution < 1.29 is 9.53 Å². The molecule has 1 aromatic carbocycles. The van der Waals surface area contributed by atoms with Gasteiger partial charge in [-0.05, 0) is 43.5 Å². The lowest BCUT2D eigenvalue weighted by molar-refractivity contribution is 0.185. The number of nitrogens with one attached hydrogen (secondary N) is 2. The third-order valence-corrected chi connectivity index (χ3v) is 3.99. The molecule has 1 aliphatic rings. The van der Waals surface area contributed by atoms with Gasteiger partial charge in [-0.15, -0.1) is 0 Å². The molecule has 2 rings (SSSR count). The maximum Gasteiger partial charge on any atom is 0.319 e. The van der Waals surface area contributed by atoms with Crippen molar-refractivity contribution in [2.75, 3.05) is 32.1 Å². The van der Waals surface area contributed by atoms with Gasteiger partial charge in [0.1, 0.15) is 0 Å². The van der Waals surface area contributed by atoms with Crippen LogP contribution in [-0.2, 0) is 11.3 Å². The molecule has 5 heteroatoms. The molecular weight excluding hydrogens is 278 g/mol. The molecule has 1 heterocycles. The van der Waals surface area contributed by atoms with Crippen molar-refractivity contribution in [3.63, 3.8) is 0 Å². The van der Waals surface area contributed by atoms with E-state index in [1.54, 1.807) is 7.11 Å². The fraction of sp³-hybridized carbons (Fsp3) is 0.588. The molecule has 0 atom stereocenters. The van der Waals surface area contributed by atoms with Gasteiger partial charge in [0, 0.05) is 31.9 Å². The molecule has 1 saturated heterocycles. The molecule has 1 fully saturated rings. The van der Waals surface area contributed by atoms with E-state index in [-0.39, 0.29) is 12.1 Å². The van der Waals surface area contributed by atoms with Crippen LogP contribution in [0.25, 0.3) is 0 Å². The SMILES string of the molecule is CCCN1CCC(NC(=O)Nc2ccc(COC)cc2)CC1. The Hall–Kier alpha value is -1.59. The van der Waals surface area contributed by atoms with Gasteiger partial charge in [-0.3, -0.25) is 0 Å². The topological polar surface area (TPSA) is 53.6 Å². The number of carbonyl (C=O) groups is 1. The Morgan fingerprint density at radius 3 is 2.55 bits per heavy atom. The van der Waals surface area contributed by atoms with Crippen molar-refractivity contribution in [2.45, 2.75) is 38.8 Å². The van der Waals surface area contributed by atoms with Crippen molar-refractivity contribution in [1.82, 2.24) is 10.2 Å². The van der Waals surface area contributed by atoms with Crippen LogP contribution in [0.15, 0.2) is 24.3 Å². The van der Waals surface area contributed by atoms with Crippen LogP contribution in [0.3, 0.4) is 0 Å². The summed E-state index contributed by atoms with van der Waals surface area (Å²) in [5, 5.41) is 5.96. The zero-order valence-corrected chi connectivity index (χ0v) is 13.6. The summed E-state index contributed by atoms with van der Waals surface area (Å²) in [4.78, 5) is 14.5. The minimum Gasteiger partial charge on any atom is -0.380 e. The number of methoxy groups -OCH3 is 1. The molecule has 0 aromatic heterocycles. The van der Waals surface area contributed by atoms with Crippen molar-refractivity contribution in [3.05, 3.63) is 29.8 Å². The average molecular weight is 305 g/mol. The average Bonchev–Trinajstić information content (AvgIpc) is 2.52. The summed E-state index contributed by atoms with van der Waals surface area (Å²) in [6, 6.07) is 7.88. The van der Waals surface area contributed by atoms with Gasteiger partial charge in [-0.1, -0.05) is 19.1 Å². The fourth-order valence-electron chi connectivity index (χ4n) is 2.82. The van der Waals surface area contributed by atoms with Gasteiger partial charge in [-0.2, -0.15) is 0 Å². The minimum atomic E-state index is -0.117. The number of benzene rings is 1. The highest BCUT2D eigenvalue weighted by atomic mass is 16.5. The number of urea groups is 1. The van der Waals surface area contributed by atoms with Crippen LogP contribution in [0, 0.1) is 0 Å². The van der Waals surface area contributed by atoms with Crippen LogP contribution in [0.1, 0.15) is 31.7 Å². The number of hydrogen-bond donors (Lipinski definition) is 2. The van der Waals surface area contributed by atoms with Gasteiger partial charge < -0.3 is 20.3 Å². The second-order valence-corrected chi connectivity index (χ2v) is 5.84. The smallest absolute Gasteiger partial charge is 0.319 e. The molecule has 22 heavy (non-hydrogen) atoms. The molecule has 122 valence electrons. The molecule has 5 nitrogen and oxygen atoms in total. The van der Waals surface area contributed by atoms with E-state index >= 15 is 0 Å². The van der Waals surface area contributed by atoms with Gasteiger partial charge >= 0.3 is 6.03 Å². The summed E-state index contributed by atoms with van der Waals surface area (Å²) in [5.74, 6) is 0. The summed E-state index contributed by atoms with van der Waals surface area (Å²) in [6.07, 6.45) is 3.25. The number of amides is 2. The molecule has 1 aliphatic heterocycles. The number of hydrogen-bond acceptors (Lipinski definition) is 3. The van der Waals surface area contributed by atoms with Gasteiger partial charge in [0.05, 0.1) is 6.61 Å². The predicted octanol–water partition coefficient (Wildman–Crippen LogP) is 2.83. The Balaban J connectivity index is 1.74. The largest absolute Gasteiger partial charge is 0.380 e. The highest BCUT2D eigenvalue weighted by molar-refractivity contribution is 5.89. The van der Waals surface area contributed by atoms with Crippen LogP contribution in [0.5, 0.6) is 0 Å². The maximum absolute atomic E-state index is 12.0. The van der Waals surface area contributed by atoms with Crippen molar-refractivity contribution in [1.29, 1.82) is 0 Å². The molecule has 0 radical (unpaired) electrons. The third-order valence-electron chi connectivity index (χ3n) is 3.99. The fourth-order valence-corrected chi connectivity index (χ4v) is 2.82. The minimum absolute atomic E-state index is 0.117. The number of nitrogens with zero attached hydrogens (tertiary/aromatic N) is 1. The molecule has 1 aromatic rings. The zero-order chi connectivity index (χ0) is 15.8. The maximum atomic E-state index is 12.0. The number of rotatable bonds is 6. The Kier molecular flexibility index (Phi) is 6.68. The van der Waals surface area contributed by atoms with Crippen molar-refractivity contribution >= 4 is 11.7 Å². The molecule has 0 saturated carbocycles. The number of piperidine rings is 1. The number of ether oxygens (including phenoxy) is 1. The summed E-state index contributed by atoms with van der Waals surface area (Å²) in [7, 11) is 1.67. The van der Waals surface area contributed by atoms with Gasteiger partial charge in [0.25, 0.3) is 0 Å². The molecular formula is C17H27N3O2. The second kappa shape index (κ2) is 8.76. The van der Waals surface area contributed by atoms with Crippen LogP contribution < -0.4 is 10.6 Å². The highest BCUT2D eigenvalue weighted by Gasteiger charge is 2.19. The molecule has 2 amide bonds. The molecule has 0 aliphatic carbocycles. The molecule has 2 N–H and O–H groups in total. The lowest BCUT2D eigenvalue weighted by atomic mass is 10.1. The van der Waals surface area contributed by atoms with E-state index in [2.05, 4.69) is 22.5 Å². The first-order valence-corrected chi connectivity index (χ1v) is 8.09. The first-order chi connectivity index (χ1) is 10.7. The Morgan fingerprint density at radius 2 is 1.95 bits per heavy atom. The van der Waals surface area contributed by atoms with E-state index in [1.165, 1.54) is 6.42 Å². The van der Waals surface area contributed by atoms with Crippen LogP contribution in [0.2, 0.25) is 0 Å². The Bertz CT molecular complexity index is 453. The van der Waals surface area contributed by atoms with Crippen LogP contribution in [0.4, 0.5) is 10.5 Å². The zero-order valence-electron chi connectivity index (χ0n) is 13.6. The van der Waals surface area contributed by atoms with E-state index < -0.39 is 0 Å². The standard InChI is InChI=1S/C17H27N3O2/c1-3-10-20-11-8-16(9-12-20)19-17(21)18-15-6-4-14(5-7-15)13-22-2/h4-7,16H,3,8-13H2,1-2H3,(H2,18,19,21). The molecule has 0 spiro atoms. The highest BCUT2D eigenvalue weighted by Crippen LogP contribution is 2.12. The number of carbonyl (C=O) groups excluding carboxylic acids is 1. The van der Waals surface area contributed by atoms with Crippen LogP contribution >= 0.6 is 0 Å². The Labute approximate surface area is 133 Å². The second-order valence-electron chi connectivity index (χ2n) is 5.84. The summed E-state index contributed by atoms with van der Waals surface area (Å²) >= 11 is 0. The van der Waals surface area contributed by atoms with E-state index in [0.29, 0.717) is 6.61 Å². The molecule has 0 unspecified atom stereocenters. The van der Waals surface area contributed by atoms with Gasteiger partial charge in [-0.25, -0.2) is 4.79 Å². The number of anilines is 1. The first kappa shape index (κ1) is 16.8. The Morgan fingerprint density at radius 1 is 1.27 bits per heavy atom. The number of likely N-dealkylation sites (tertiary alicyclic amines) is 1. The van der Waals surface area contributed by atoms with Gasteiger partial charge in [0.2, 0.25) is 0 Å². The monoisotopic (exact) mass is 305 g/mol. The lowest BCUT2D eigenvalue weighted by Crippen LogP contribution is -2.46.